The fourth-order valence-electron chi connectivity index (χ4n) is 2.05. The third kappa shape index (κ3) is 5.19. The maximum absolute atomic E-state index is 12.2. The van der Waals surface area contributed by atoms with Crippen LogP contribution in [0.15, 0.2) is 47.4 Å². The third-order valence-electron chi connectivity index (χ3n) is 3.38. The van der Waals surface area contributed by atoms with E-state index in [2.05, 4.69) is 5.32 Å². The lowest BCUT2D eigenvalue weighted by molar-refractivity contribution is -0.139. The first-order chi connectivity index (χ1) is 12.6. The molecule has 0 saturated carbocycles. The monoisotopic (exact) mass is 394 g/mol. The number of aromatic hydroxyl groups is 1. The summed E-state index contributed by atoms with van der Waals surface area (Å²) in [5.41, 5.74) is 0.384. The van der Waals surface area contributed by atoms with Crippen molar-refractivity contribution in [3.05, 3.63) is 42.5 Å². The van der Waals surface area contributed by atoms with Crippen molar-refractivity contribution in [3.63, 3.8) is 0 Å². The number of amides is 1. The highest BCUT2D eigenvalue weighted by Gasteiger charge is 2.22. The molecule has 10 heteroatoms. The molecule has 27 heavy (non-hydrogen) atoms. The summed E-state index contributed by atoms with van der Waals surface area (Å²) >= 11 is 0. The van der Waals surface area contributed by atoms with E-state index in [1.54, 1.807) is 0 Å². The zero-order chi connectivity index (χ0) is 20.2. The summed E-state index contributed by atoms with van der Waals surface area (Å²) in [5, 5.41) is 20.8. The van der Waals surface area contributed by atoms with E-state index in [-0.39, 0.29) is 10.6 Å². The van der Waals surface area contributed by atoms with Crippen LogP contribution in [0, 0.1) is 0 Å². The van der Waals surface area contributed by atoms with Crippen LogP contribution < -0.4 is 10.1 Å². The lowest BCUT2D eigenvalue weighted by atomic mass is 10.3. The molecule has 2 aromatic carbocycles. The number of aliphatic carboxylic acids is 1. The molecule has 0 heterocycles. The zero-order valence-corrected chi connectivity index (χ0v) is 15.4. The number of ether oxygens (including phenoxy) is 1. The Morgan fingerprint density at radius 2 is 1.67 bits per heavy atom. The van der Waals surface area contributed by atoms with Crippen LogP contribution in [-0.4, -0.2) is 48.9 Å². The Morgan fingerprint density at radius 1 is 1.07 bits per heavy atom. The van der Waals surface area contributed by atoms with Crippen LogP contribution in [0.4, 0.5) is 5.69 Å². The maximum atomic E-state index is 12.2. The predicted molar refractivity (Wildman–Crippen MR) is 96.4 cm³/mol. The minimum Gasteiger partial charge on any atom is -0.507 e. The number of phenols is 1. The van der Waals surface area contributed by atoms with Gasteiger partial charge in [-0.1, -0.05) is 0 Å². The molecule has 0 bridgehead atoms. The zero-order valence-electron chi connectivity index (χ0n) is 14.5. The molecule has 0 aliphatic heterocycles. The lowest BCUT2D eigenvalue weighted by Gasteiger charge is -2.14. The number of sulfonamides is 1. The van der Waals surface area contributed by atoms with Gasteiger partial charge in [-0.2, -0.15) is 0 Å². The van der Waals surface area contributed by atoms with Crippen molar-refractivity contribution in [1.82, 2.24) is 4.31 Å². The first kappa shape index (κ1) is 20.2. The van der Waals surface area contributed by atoms with E-state index in [9.17, 15) is 23.1 Å². The molecular formula is C17H18N2O7S. The summed E-state index contributed by atoms with van der Waals surface area (Å²) in [4.78, 5) is 21.6. The Hall–Kier alpha value is -3.11. The molecule has 0 fully saturated rings. The molecule has 144 valence electrons. The Kier molecular flexibility index (Phi) is 6.03. The summed E-state index contributed by atoms with van der Waals surface area (Å²) < 4.78 is 31.0. The smallest absolute Gasteiger partial charge is 0.312 e. The highest BCUT2D eigenvalue weighted by atomic mass is 32.2. The van der Waals surface area contributed by atoms with E-state index in [4.69, 9.17) is 9.84 Å². The van der Waals surface area contributed by atoms with Crippen molar-refractivity contribution in [3.8, 4) is 17.2 Å². The van der Waals surface area contributed by atoms with Gasteiger partial charge in [-0.25, -0.2) is 12.7 Å². The fraction of sp³-hybridized carbons (Fsp3) is 0.176. The molecule has 2 rings (SSSR count). The normalized spacial score (nSPS) is 11.2. The summed E-state index contributed by atoms with van der Waals surface area (Å²) in [6.07, 6.45) is -0.644. The van der Waals surface area contributed by atoms with Gasteiger partial charge in [0.2, 0.25) is 15.9 Å². The van der Waals surface area contributed by atoms with Gasteiger partial charge in [0.05, 0.1) is 0 Å². The number of rotatable bonds is 7. The summed E-state index contributed by atoms with van der Waals surface area (Å²) in [6, 6.07) is 9.87. The third-order valence-corrected chi connectivity index (χ3v) is 5.22. The lowest BCUT2D eigenvalue weighted by Crippen LogP contribution is -2.22. The first-order valence-electron chi connectivity index (χ1n) is 7.64. The van der Waals surface area contributed by atoms with Gasteiger partial charge in [0.1, 0.15) is 28.6 Å². The van der Waals surface area contributed by atoms with Gasteiger partial charge in [-0.15, -0.1) is 0 Å². The number of nitrogens with zero attached hydrogens (tertiary/aromatic N) is 1. The van der Waals surface area contributed by atoms with Gasteiger partial charge in [-0.3, -0.25) is 9.59 Å². The second-order valence-corrected chi connectivity index (χ2v) is 7.78. The number of carbonyl (C=O) groups excluding carboxylic acids is 1. The summed E-state index contributed by atoms with van der Waals surface area (Å²) in [6.45, 7) is 0. The molecule has 0 spiro atoms. The standard InChI is InChI=1S/C17H18N2O7S/c1-19(2)27(24,25)15-9-13(7-8-14(15)20)26-12-5-3-11(4-6-12)18-16(21)10-17(22)23/h3-9,20H,10H2,1-2H3,(H,18,21)(H,22,23). The van der Waals surface area contributed by atoms with E-state index in [0.29, 0.717) is 11.4 Å². The van der Waals surface area contributed by atoms with Gasteiger partial charge in [-0.05, 0) is 36.4 Å². The van der Waals surface area contributed by atoms with E-state index >= 15 is 0 Å². The maximum Gasteiger partial charge on any atom is 0.312 e. The van der Waals surface area contributed by atoms with E-state index in [0.717, 1.165) is 4.31 Å². The van der Waals surface area contributed by atoms with Crippen molar-refractivity contribution in [2.24, 2.45) is 0 Å². The topological polar surface area (TPSA) is 133 Å². The van der Waals surface area contributed by atoms with Crippen LogP contribution in [0.5, 0.6) is 17.2 Å². The van der Waals surface area contributed by atoms with Crippen LogP contribution in [0.25, 0.3) is 0 Å². The van der Waals surface area contributed by atoms with E-state index in [1.165, 1.54) is 56.6 Å². The van der Waals surface area contributed by atoms with E-state index in [1.807, 2.05) is 0 Å². The average Bonchev–Trinajstić information content (AvgIpc) is 2.57. The Bertz CT molecular complexity index is 954. The van der Waals surface area contributed by atoms with Crippen molar-refractivity contribution in [2.75, 3.05) is 19.4 Å². The molecule has 0 aliphatic rings. The van der Waals surface area contributed by atoms with Crippen molar-refractivity contribution < 1.29 is 33.0 Å². The van der Waals surface area contributed by atoms with Crippen molar-refractivity contribution >= 4 is 27.6 Å². The van der Waals surface area contributed by atoms with Crippen molar-refractivity contribution in [2.45, 2.75) is 11.3 Å². The minimum atomic E-state index is -3.84. The highest BCUT2D eigenvalue weighted by Crippen LogP contribution is 2.31. The van der Waals surface area contributed by atoms with Crippen LogP contribution in [0.2, 0.25) is 0 Å². The number of anilines is 1. The Morgan fingerprint density at radius 3 is 2.22 bits per heavy atom. The molecular weight excluding hydrogens is 376 g/mol. The number of hydrogen-bond donors (Lipinski definition) is 3. The molecule has 1 amide bonds. The molecule has 3 N–H and O–H groups in total. The van der Waals surface area contributed by atoms with Gasteiger partial charge in [0.15, 0.2) is 0 Å². The highest BCUT2D eigenvalue weighted by molar-refractivity contribution is 7.89. The van der Waals surface area contributed by atoms with Gasteiger partial charge < -0.3 is 20.3 Å². The number of phenolic OH excluding ortho intramolecular Hbond substituents is 1. The fourth-order valence-corrected chi connectivity index (χ4v) is 3.04. The Balaban J connectivity index is 2.16. The summed E-state index contributed by atoms with van der Waals surface area (Å²) in [7, 11) is -1.15. The molecule has 0 unspecified atom stereocenters. The minimum absolute atomic E-state index is 0.191. The number of hydrogen-bond acceptors (Lipinski definition) is 6. The van der Waals surface area contributed by atoms with Gasteiger partial charge in [0.25, 0.3) is 0 Å². The Labute approximate surface area is 155 Å². The quantitative estimate of drug-likeness (QED) is 0.610. The number of nitrogens with one attached hydrogen (secondary N) is 1. The molecule has 0 saturated heterocycles. The number of carboxylic acids is 1. The van der Waals surface area contributed by atoms with Crippen LogP contribution in [0.3, 0.4) is 0 Å². The van der Waals surface area contributed by atoms with Gasteiger partial charge >= 0.3 is 5.97 Å². The molecule has 9 nitrogen and oxygen atoms in total. The molecule has 0 radical (unpaired) electrons. The molecule has 2 aromatic rings. The van der Waals surface area contributed by atoms with Gasteiger partial charge in [0, 0.05) is 25.8 Å². The van der Waals surface area contributed by atoms with E-state index < -0.39 is 34.1 Å². The van der Waals surface area contributed by atoms with Crippen LogP contribution in [-0.2, 0) is 19.6 Å². The summed E-state index contributed by atoms with van der Waals surface area (Å²) in [5.74, 6) is -1.75. The molecule has 0 atom stereocenters. The van der Waals surface area contributed by atoms with Crippen LogP contribution >= 0.6 is 0 Å². The van der Waals surface area contributed by atoms with Crippen molar-refractivity contribution in [1.29, 1.82) is 0 Å². The largest absolute Gasteiger partial charge is 0.507 e. The molecule has 0 aliphatic carbocycles. The number of carboxylic acid groups (broad SMARTS) is 1. The first-order valence-corrected chi connectivity index (χ1v) is 9.08. The number of carbonyl (C=O) groups is 2. The predicted octanol–water partition coefficient (Wildman–Crippen LogP) is 1.85. The number of benzene rings is 2. The van der Waals surface area contributed by atoms with Crippen LogP contribution in [0.1, 0.15) is 6.42 Å². The SMILES string of the molecule is CN(C)S(=O)(=O)c1cc(Oc2ccc(NC(=O)CC(=O)O)cc2)ccc1O. The molecule has 0 aromatic heterocycles. The second kappa shape index (κ2) is 8.06. The second-order valence-electron chi connectivity index (χ2n) is 5.66. The average molecular weight is 394 g/mol.